The lowest BCUT2D eigenvalue weighted by Gasteiger charge is -2.36. The second-order valence-corrected chi connectivity index (χ2v) is 6.46. The molecule has 1 saturated heterocycles. The zero-order valence-corrected chi connectivity index (χ0v) is 12.4. The molecule has 1 N–H and O–H groups in total. The minimum absolute atomic E-state index is 0.0536. The topological polar surface area (TPSA) is 32.3 Å². The maximum atomic E-state index is 13.8. The van der Waals surface area contributed by atoms with Gasteiger partial charge in [-0.2, -0.15) is 0 Å². The lowest BCUT2D eigenvalue weighted by molar-refractivity contribution is -0.129. The lowest BCUT2D eigenvalue weighted by atomic mass is 9.94. The standard InChI is InChI=1S/C16H23FN2O/c1-16(2,3)15(20)18-12-7-6-10-19(11-12)14-9-5-4-8-13(14)17/h4-5,8-9,12H,6-7,10-11H2,1-3H3,(H,18,20). The quantitative estimate of drug-likeness (QED) is 0.902. The molecule has 1 amide bonds. The van der Waals surface area contributed by atoms with Crippen LogP contribution < -0.4 is 10.2 Å². The number of benzene rings is 1. The van der Waals surface area contributed by atoms with Crippen molar-refractivity contribution in [1.29, 1.82) is 0 Å². The highest BCUT2D eigenvalue weighted by molar-refractivity contribution is 5.81. The van der Waals surface area contributed by atoms with Crippen molar-refractivity contribution >= 4 is 11.6 Å². The molecular formula is C16H23FN2O. The summed E-state index contributed by atoms with van der Waals surface area (Å²) >= 11 is 0. The molecule has 0 bridgehead atoms. The number of anilines is 1. The number of hydrogen-bond donors (Lipinski definition) is 1. The van der Waals surface area contributed by atoms with Gasteiger partial charge in [-0.15, -0.1) is 0 Å². The van der Waals surface area contributed by atoms with Crippen LogP contribution in [0, 0.1) is 11.2 Å². The largest absolute Gasteiger partial charge is 0.367 e. The molecule has 1 fully saturated rings. The highest BCUT2D eigenvalue weighted by Gasteiger charge is 2.27. The Bertz CT molecular complexity index is 482. The van der Waals surface area contributed by atoms with Crippen molar-refractivity contribution < 1.29 is 9.18 Å². The molecule has 1 aromatic rings. The predicted octanol–water partition coefficient (Wildman–Crippen LogP) is 2.96. The SMILES string of the molecule is CC(C)(C)C(=O)NC1CCCN(c2ccccc2F)C1. The van der Waals surface area contributed by atoms with Gasteiger partial charge in [-0.25, -0.2) is 4.39 Å². The summed E-state index contributed by atoms with van der Waals surface area (Å²) in [5.41, 5.74) is 0.238. The maximum absolute atomic E-state index is 13.8. The van der Waals surface area contributed by atoms with E-state index in [0.29, 0.717) is 12.2 Å². The van der Waals surface area contributed by atoms with E-state index >= 15 is 0 Å². The van der Waals surface area contributed by atoms with E-state index in [1.807, 2.05) is 31.7 Å². The van der Waals surface area contributed by atoms with Crippen LogP contribution in [0.5, 0.6) is 0 Å². The molecule has 1 heterocycles. The average Bonchev–Trinajstić information content (AvgIpc) is 2.38. The molecule has 2 rings (SSSR count). The highest BCUT2D eigenvalue weighted by atomic mass is 19.1. The predicted molar refractivity (Wildman–Crippen MR) is 79.2 cm³/mol. The molecule has 0 radical (unpaired) electrons. The van der Waals surface area contributed by atoms with Crippen molar-refractivity contribution in [3.63, 3.8) is 0 Å². The van der Waals surface area contributed by atoms with Crippen molar-refractivity contribution in [3.8, 4) is 0 Å². The van der Waals surface area contributed by atoms with Crippen LogP contribution in [0.1, 0.15) is 33.6 Å². The first-order chi connectivity index (χ1) is 9.38. The van der Waals surface area contributed by atoms with Crippen LogP contribution in [-0.4, -0.2) is 25.0 Å². The van der Waals surface area contributed by atoms with Crippen molar-refractivity contribution in [2.75, 3.05) is 18.0 Å². The number of piperidine rings is 1. The second kappa shape index (κ2) is 5.81. The van der Waals surface area contributed by atoms with E-state index in [1.54, 1.807) is 12.1 Å². The third-order valence-corrected chi connectivity index (χ3v) is 3.63. The molecule has 1 aromatic carbocycles. The molecule has 3 nitrogen and oxygen atoms in total. The summed E-state index contributed by atoms with van der Waals surface area (Å²) in [4.78, 5) is 14.1. The number of rotatable bonds is 2. The Kier molecular flexibility index (Phi) is 4.31. The first kappa shape index (κ1) is 14.8. The Labute approximate surface area is 120 Å². The number of amides is 1. The molecule has 0 aliphatic carbocycles. The van der Waals surface area contributed by atoms with E-state index in [1.165, 1.54) is 6.07 Å². The molecule has 1 aliphatic heterocycles. The monoisotopic (exact) mass is 278 g/mol. The molecule has 4 heteroatoms. The number of halogens is 1. The van der Waals surface area contributed by atoms with E-state index in [-0.39, 0.29) is 23.2 Å². The minimum atomic E-state index is -0.389. The van der Waals surface area contributed by atoms with Gasteiger partial charge in [0.25, 0.3) is 0 Å². The number of para-hydroxylation sites is 1. The second-order valence-electron chi connectivity index (χ2n) is 6.46. The first-order valence-corrected chi connectivity index (χ1v) is 7.18. The van der Waals surface area contributed by atoms with Crippen molar-refractivity contribution in [2.24, 2.45) is 5.41 Å². The van der Waals surface area contributed by atoms with Crippen molar-refractivity contribution in [3.05, 3.63) is 30.1 Å². The molecule has 0 aromatic heterocycles. The fourth-order valence-electron chi connectivity index (χ4n) is 2.42. The van der Waals surface area contributed by atoms with E-state index < -0.39 is 0 Å². The molecule has 1 atom stereocenters. The van der Waals surface area contributed by atoms with Gasteiger partial charge in [0.05, 0.1) is 5.69 Å². The van der Waals surface area contributed by atoms with E-state index in [9.17, 15) is 9.18 Å². The Hall–Kier alpha value is -1.58. The van der Waals surface area contributed by atoms with Gasteiger partial charge in [-0.3, -0.25) is 4.79 Å². The summed E-state index contributed by atoms with van der Waals surface area (Å²) in [6.07, 6.45) is 1.91. The van der Waals surface area contributed by atoms with E-state index in [0.717, 1.165) is 19.4 Å². The Balaban J connectivity index is 2.03. The van der Waals surface area contributed by atoms with Crippen LogP contribution in [0.2, 0.25) is 0 Å². The van der Waals surface area contributed by atoms with Gasteiger partial charge in [-0.05, 0) is 25.0 Å². The number of hydrogen-bond acceptors (Lipinski definition) is 2. The Morgan fingerprint density at radius 3 is 2.70 bits per heavy atom. The van der Waals surface area contributed by atoms with Crippen LogP contribution in [0.25, 0.3) is 0 Å². The van der Waals surface area contributed by atoms with Crippen LogP contribution >= 0.6 is 0 Å². The Morgan fingerprint density at radius 2 is 2.05 bits per heavy atom. The molecule has 1 unspecified atom stereocenters. The Morgan fingerprint density at radius 1 is 1.35 bits per heavy atom. The van der Waals surface area contributed by atoms with Gasteiger partial charge in [-0.1, -0.05) is 32.9 Å². The fraction of sp³-hybridized carbons (Fsp3) is 0.562. The van der Waals surface area contributed by atoms with Crippen LogP contribution in [0.4, 0.5) is 10.1 Å². The van der Waals surface area contributed by atoms with Crippen LogP contribution in [0.3, 0.4) is 0 Å². The first-order valence-electron chi connectivity index (χ1n) is 7.18. The third kappa shape index (κ3) is 3.50. The smallest absolute Gasteiger partial charge is 0.225 e. The van der Waals surface area contributed by atoms with Gasteiger partial charge in [0.15, 0.2) is 0 Å². The molecule has 0 spiro atoms. The minimum Gasteiger partial charge on any atom is -0.367 e. The molecule has 0 saturated carbocycles. The summed E-state index contributed by atoms with van der Waals surface area (Å²) < 4.78 is 13.8. The fourth-order valence-corrected chi connectivity index (χ4v) is 2.42. The lowest BCUT2D eigenvalue weighted by Crippen LogP contribution is -2.50. The molecule has 1 aliphatic rings. The zero-order valence-electron chi connectivity index (χ0n) is 12.4. The van der Waals surface area contributed by atoms with Gasteiger partial charge in [0.1, 0.15) is 5.82 Å². The van der Waals surface area contributed by atoms with Gasteiger partial charge in [0, 0.05) is 24.5 Å². The summed E-state index contributed by atoms with van der Waals surface area (Å²) in [6, 6.07) is 6.91. The molecular weight excluding hydrogens is 255 g/mol. The van der Waals surface area contributed by atoms with E-state index in [4.69, 9.17) is 0 Å². The van der Waals surface area contributed by atoms with Gasteiger partial charge < -0.3 is 10.2 Å². The maximum Gasteiger partial charge on any atom is 0.225 e. The summed E-state index contributed by atoms with van der Waals surface area (Å²) in [5, 5.41) is 3.07. The van der Waals surface area contributed by atoms with E-state index in [2.05, 4.69) is 5.32 Å². The van der Waals surface area contributed by atoms with Gasteiger partial charge in [0.2, 0.25) is 5.91 Å². The summed E-state index contributed by atoms with van der Waals surface area (Å²) in [7, 11) is 0. The van der Waals surface area contributed by atoms with Gasteiger partial charge >= 0.3 is 0 Å². The summed E-state index contributed by atoms with van der Waals surface area (Å²) in [5.74, 6) is -0.145. The number of nitrogens with one attached hydrogen (secondary N) is 1. The van der Waals surface area contributed by atoms with Crippen molar-refractivity contribution in [2.45, 2.75) is 39.7 Å². The zero-order chi connectivity index (χ0) is 14.8. The van der Waals surface area contributed by atoms with Crippen molar-refractivity contribution in [1.82, 2.24) is 5.32 Å². The number of carbonyl (C=O) groups excluding carboxylic acids is 1. The highest BCUT2D eigenvalue weighted by Crippen LogP contribution is 2.23. The average molecular weight is 278 g/mol. The third-order valence-electron chi connectivity index (χ3n) is 3.63. The number of carbonyl (C=O) groups is 1. The molecule has 20 heavy (non-hydrogen) atoms. The number of nitrogens with zero attached hydrogens (tertiary/aromatic N) is 1. The summed E-state index contributed by atoms with van der Waals surface area (Å²) in [6.45, 7) is 7.21. The van der Waals surface area contributed by atoms with Crippen LogP contribution in [0.15, 0.2) is 24.3 Å². The molecule has 110 valence electrons. The normalized spacial score (nSPS) is 19.8. The van der Waals surface area contributed by atoms with Crippen LogP contribution in [-0.2, 0) is 4.79 Å².